The quantitative estimate of drug-likeness (QED) is 0.640. The minimum atomic E-state index is -0.201. The first-order valence-electron chi connectivity index (χ1n) is 8.63. The first-order valence-corrected chi connectivity index (χ1v) is 9.44. The van der Waals surface area contributed by atoms with Gasteiger partial charge < -0.3 is 0 Å². The number of rotatable bonds is 2. The minimum Gasteiger partial charge on any atom is -0.246 e. The van der Waals surface area contributed by atoms with Gasteiger partial charge in [-0.25, -0.2) is 4.99 Å². The summed E-state index contributed by atoms with van der Waals surface area (Å²) < 4.78 is -0.201. The molecular formula is C23H21NS. The van der Waals surface area contributed by atoms with E-state index in [4.69, 9.17) is 4.99 Å². The molecule has 0 N–H and O–H groups in total. The number of fused-ring (bicyclic) bond motifs is 1. The molecule has 0 fully saturated rings. The van der Waals surface area contributed by atoms with Crippen molar-refractivity contribution >= 4 is 17.5 Å². The first-order chi connectivity index (χ1) is 12.2. The molecule has 2 aromatic rings. The van der Waals surface area contributed by atoms with Crippen molar-refractivity contribution in [2.24, 2.45) is 10.9 Å². The van der Waals surface area contributed by atoms with E-state index in [1.807, 2.05) is 11.8 Å². The van der Waals surface area contributed by atoms with Gasteiger partial charge in [0, 0.05) is 5.92 Å². The summed E-state index contributed by atoms with van der Waals surface area (Å²) in [5.74, 6) is 0.218. The number of nitrogens with zero attached hydrogens (tertiary/aromatic N) is 1. The Morgan fingerprint density at radius 3 is 2.04 bits per heavy atom. The molecule has 4 rings (SSSR count). The van der Waals surface area contributed by atoms with E-state index in [2.05, 4.69) is 98.8 Å². The molecule has 1 atom stereocenters. The van der Waals surface area contributed by atoms with Crippen molar-refractivity contribution in [3.63, 3.8) is 0 Å². The van der Waals surface area contributed by atoms with Crippen LogP contribution >= 0.6 is 11.8 Å². The summed E-state index contributed by atoms with van der Waals surface area (Å²) in [6, 6.07) is 21.7. The summed E-state index contributed by atoms with van der Waals surface area (Å²) in [6.45, 7) is 4.30. The standard InChI is InChI=1S/C23H21NS/c1-17(2)22-24-21-16-10-9-15-20(21)23(25-22,18-11-5-3-6-12-18)19-13-7-4-8-14-19/h3-16,20H,1-2H3. The van der Waals surface area contributed by atoms with Crippen LogP contribution in [0, 0.1) is 5.92 Å². The van der Waals surface area contributed by atoms with Crippen LogP contribution in [0.4, 0.5) is 0 Å². The van der Waals surface area contributed by atoms with Crippen LogP contribution in [0.5, 0.6) is 0 Å². The van der Waals surface area contributed by atoms with Crippen LogP contribution in [-0.2, 0) is 4.75 Å². The van der Waals surface area contributed by atoms with Gasteiger partial charge in [0.05, 0.1) is 15.5 Å². The van der Waals surface area contributed by atoms with E-state index in [1.165, 1.54) is 16.7 Å². The maximum absolute atomic E-state index is 4.97. The molecular weight excluding hydrogens is 322 g/mol. The van der Waals surface area contributed by atoms with Crippen LogP contribution in [0.2, 0.25) is 0 Å². The lowest BCUT2D eigenvalue weighted by Gasteiger charge is -2.44. The number of hydrogen-bond donors (Lipinski definition) is 0. The average molecular weight is 343 g/mol. The van der Waals surface area contributed by atoms with Crippen molar-refractivity contribution in [3.8, 4) is 0 Å². The van der Waals surface area contributed by atoms with Crippen LogP contribution in [0.1, 0.15) is 25.0 Å². The molecule has 1 nitrogen and oxygen atoms in total. The number of allylic oxidation sites excluding steroid dienone is 5. The van der Waals surface area contributed by atoms with Gasteiger partial charge in [-0.05, 0) is 36.6 Å². The molecule has 25 heavy (non-hydrogen) atoms. The maximum atomic E-state index is 4.97. The summed E-state index contributed by atoms with van der Waals surface area (Å²) in [6.07, 6.45) is 8.70. The molecule has 0 saturated heterocycles. The van der Waals surface area contributed by atoms with Crippen molar-refractivity contribution < 1.29 is 0 Å². The predicted molar refractivity (Wildman–Crippen MR) is 109 cm³/mol. The van der Waals surface area contributed by atoms with Gasteiger partial charge in [0.25, 0.3) is 0 Å². The SMILES string of the molecule is CC(C)=C1N=C2C=CC=CC2C(c2ccccc2)(c2ccccc2)S1. The molecule has 2 aromatic carbocycles. The molecule has 1 aliphatic heterocycles. The van der Waals surface area contributed by atoms with Crippen molar-refractivity contribution in [1.29, 1.82) is 0 Å². The summed E-state index contributed by atoms with van der Waals surface area (Å²) in [7, 11) is 0. The van der Waals surface area contributed by atoms with Gasteiger partial charge >= 0.3 is 0 Å². The smallest absolute Gasteiger partial charge is 0.0962 e. The Balaban J connectivity index is 2.03. The van der Waals surface area contributed by atoms with Crippen LogP contribution in [0.3, 0.4) is 0 Å². The average Bonchev–Trinajstić information content (AvgIpc) is 2.68. The van der Waals surface area contributed by atoms with E-state index in [0.29, 0.717) is 0 Å². The van der Waals surface area contributed by atoms with Crippen molar-refractivity contribution in [2.45, 2.75) is 18.6 Å². The zero-order valence-electron chi connectivity index (χ0n) is 14.5. The Labute approximate surface area is 153 Å². The van der Waals surface area contributed by atoms with Crippen LogP contribution in [0.25, 0.3) is 0 Å². The van der Waals surface area contributed by atoms with Gasteiger partial charge in [0.2, 0.25) is 0 Å². The fraction of sp³-hybridized carbons (Fsp3) is 0.174. The van der Waals surface area contributed by atoms with Crippen molar-refractivity contribution in [2.75, 3.05) is 0 Å². The van der Waals surface area contributed by atoms with Crippen molar-refractivity contribution in [1.82, 2.24) is 0 Å². The Bertz CT molecular complexity index is 845. The summed E-state index contributed by atoms with van der Waals surface area (Å²) in [5.41, 5.74) is 5.05. The Kier molecular flexibility index (Phi) is 4.22. The van der Waals surface area contributed by atoms with Crippen LogP contribution in [0.15, 0.2) is 101 Å². The van der Waals surface area contributed by atoms with Crippen LogP contribution < -0.4 is 0 Å². The normalized spacial score (nSPS) is 20.8. The summed E-state index contributed by atoms with van der Waals surface area (Å²) >= 11 is 1.89. The monoisotopic (exact) mass is 343 g/mol. The first kappa shape index (κ1) is 16.2. The molecule has 1 aliphatic carbocycles. The zero-order valence-corrected chi connectivity index (χ0v) is 15.3. The lowest BCUT2D eigenvalue weighted by molar-refractivity contribution is 0.651. The number of hydrogen-bond acceptors (Lipinski definition) is 2. The van der Waals surface area contributed by atoms with Gasteiger partial charge in [0.15, 0.2) is 0 Å². The third-order valence-corrected chi connectivity index (χ3v) is 6.50. The second-order valence-electron chi connectivity index (χ2n) is 6.63. The van der Waals surface area contributed by atoms with Gasteiger partial charge in [-0.3, -0.25) is 0 Å². The van der Waals surface area contributed by atoms with E-state index in [-0.39, 0.29) is 10.7 Å². The molecule has 0 aromatic heterocycles. The maximum Gasteiger partial charge on any atom is 0.0962 e. The Hall–Kier alpha value is -2.32. The lowest BCUT2D eigenvalue weighted by Crippen LogP contribution is -2.40. The van der Waals surface area contributed by atoms with Gasteiger partial charge in [-0.2, -0.15) is 0 Å². The van der Waals surface area contributed by atoms with E-state index >= 15 is 0 Å². The van der Waals surface area contributed by atoms with E-state index < -0.39 is 0 Å². The molecule has 2 heteroatoms. The number of benzene rings is 2. The summed E-state index contributed by atoms with van der Waals surface area (Å²) in [4.78, 5) is 4.97. The van der Waals surface area contributed by atoms with E-state index in [0.717, 1.165) is 10.7 Å². The topological polar surface area (TPSA) is 12.4 Å². The predicted octanol–water partition coefficient (Wildman–Crippen LogP) is 6.11. The fourth-order valence-corrected chi connectivity index (χ4v) is 5.06. The highest BCUT2D eigenvalue weighted by Gasteiger charge is 2.47. The largest absolute Gasteiger partial charge is 0.246 e. The summed E-state index contributed by atoms with van der Waals surface area (Å²) in [5, 5.41) is 1.12. The second kappa shape index (κ2) is 6.53. The Morgan fingerprint density at radius 2 is 1.48 bits per heavy atom. The van der Waals surface area contributed by atoms with E-state index in [1.54, 1.807) is 0 Å². The molecule has 1 unspecified atom stereocenters. The minimum absolute atomic E-state index is 0.201. The fourth-order valence-electron chi connectivity index (χ4n) is 3.57. The van der Waals surface area contributed by atoms with Gasteiger partial charge in [-0.15, -0.1) is 0 Å². The zero-order chi connectivity index (χ0) is 17.3. The Morgan fingerprint density at radius 1 is 0.880 bits per heavy atom. The molecule has 2 aliphatic rings. The molecule has 0 radical (unpaired) electrons. The van der Waals surface area contributed by atoms with E-state index in [9.17, 15) is 0 Å². The molecule has 0 saturated carbocycles. The highest BCUT2D eigenvalue weighted by atomic mass is 32.2. The molecule has 1 heterocycles. The highest BCUT2D eigenvalue weighted by molar-refractivity contribution is 8.04. The third-order valence-electron chi connectivity index (χ3n) is 4.76. The van der Waals surface area contributed by atoms with Crippen LogP contribution in [-0.4, -0.2) is 5.71 Å². The molecule has 0 spiro atoms. The third kappa shape index (κ3) is 2.71. The number of aliphatic imine (C=N–C) groups is 1. The van der Waals surface area contributed by atoms with Gasteiger partial charge in [0.1, 0.15) is 0 Å². The van der Waals surface area contributed by atoms with Gasteiger partial charge in [-0.1, -0.05) is 90.7 Å². The molecule has 124 valence electrons. The second-order valence-corrected chi connectivity index (χ2v) is 7.87. The van der Waals surface area contributed by atoms with Crippen molar-refractivity contribution in [3.05, 3.63) is 107 Å². The lowest BCUT2D eigenvalue weighted by atomic mass is 9.75. The highest BCUT2D eigenvalue weighted by Crippen LogP contribution is 2.56. The number of thioether (sulfide) groups is 1. The molecule has 0 amide bonds. The molecule has 0 bridgehead atoms.